The van der Waals surface area contributed by atoms with Crippen molar-refractivity contribution in [3.8, 4) is 0 Å². The standard InChI is InChI=1S/C18H24O6/c1-18(2,11-13(19)22-3)15(12-9-7-6-8-10-12)14(16(20)23-4)17(21)24-5/h6-10,14-15H,11H2,1-5H3. The van der Waals surface area contributed by atoms with Gasteiger partial charge in [0.1, 0.15) is 0 Å². The minimum absolute atomic E-state index is 0.0353. The normalized spacial score (nSPS) is 12.4. The van der Waals surface area contributed by atoms with E-state index >= 15 is 0 Å². The van der Waals surface area contributed by atoms with Crippen molar-refractivity contribution in [3.05, 3.63) is 35.9 Å². The third-order valence-corrected chi connectivity index (χ3v) is 4.07. The first-order chi connectivity index (χ1) is 11.3. The lowest BCUT2D eigenvalue weighted by Gasteiger charge is -2.37. The number of methoxy groups -OCH3 is 3. The molecule has 1 unspecified atom stereocenters. The minimum Gasteiger partial charge on any atom is -0.469 e. The van der Waals surface area contributed by atoms with Crippen LogP contribution in [0, 0.1) is 11.3 Å². The maximum Gasteiger partial charge on any atom is 0.320 e. The van der Waals surface area contributed by atoms with E-state index in [2.05, 4.69) is 0 Å². The van der Waals surface area contributed by atoms with E-state index in [1.54, 1.807) is 13.8 Å². The Morgan fingerprint density at radius 1 is 0.917 bits per heavy atom. The Morgan fingerprint density at radius 2 is 1.42 bits per heavy atom. The van der Waals surface area contributed by atoms with Crippen molar-refractivity contribution in [1.29, 1.82) is 0 Å². The molecule has 24 heavy (non-hydrogen) atoms. The average Bonchev–Trinajstić information content (AvgIpc) is 2.58. The highest BCUT2D eigenvalue weighted by Crippen LogP contribution is 2.44. The van der Waals surface area contributed by atoms with Crippen LogP contribution in [0.5, 0.6) is 0 Å². The van der Waals surface area contributed by atoms with Crippen LogP contribution in [-0.2, 0) is 28.6 Å². The van der Waals surface area contributed by atoms with Gasteiger partial charge in [-0.15, -0.1) is 0 Å². The van der Waals surface area contributed by atoms with Gasteiger partial charge in [-0.2, -0.15) is 0 Å². The predicted molar refractivity (Wildman–Crippen MR) is 87.1 cm³/mol. The maximum absolute atomic E-state index is 12.3. The Hall–Kier alpha value is -2.37. The summed E-state index contributed by atoms with van der Waals surface area (Å²) in [4.78, 5) is 36.4. The van der Waals surface area contributed by atoms with Gasteiger partial charge >= 0.3 is 17.9 Å². The molecule has 1 atom stereocenters. The smallest absolute Gasteiger partial charge is 0.320 e. The summed E-state index contributed by atoms with van der Waals surface area (Å²) in [5.74, 6) is -3.61. The third-order valence-electron chi connectivity index (χ3n) is 4.07. The van der Waals surface area contributed by atoms with E-state index < -0.39 is 35.2 Å². The molecule has 1 aromatic carbocycles. The van der Waals surface area contributed by atoms with Gasteiger partial charge in [0.15, 0.2) is 5.92 Å². The second kappa shape index (κ2) is 8.47. The number of ether oxygens (including phenoxy) is 3. The van der Waals surface area contributed by atoms with Gasteiger partial charge in [0.2, 0.25) is 0 Å². The van der Waals surface area contributed by atoms with Crippen molar-refractivity contribution >= 4 is 17.9 Å². The first-order valence-corrected chi connectivity index (χ1v) is 7.56. The van der Waals surface area contributed by atoms with Crippen molar-refractivity contribution in [1.82, 2.24) is 0 Å². The van der Waals surface area contributed by atoms with Gasteiger partial charge in [-0.1, -0.05) is 44.2 Å². The van der Waals surface area contributed by atoms with Gasteiger partial charge in [0.25, 0.3) is 0 Å². The zero-order valence-electron chi connectivity index (χ0n) is 14.7. The quantitative estimate of drug-likeness (QED) is 0.432. The molecule has 0 saturated heterocycles. The van der Waals surface area contributed by atoms with E-state index in [0.29, 0.717) is 0 Å². The molecule has 6 nitrogen and oxygen atoms in total. The number of rotatable bonds is 7. The summed E-state index contributed by atoms with van der Waals surface area (Å²) in [6, 6.07) is 9.06. The van der Waals surface area contributed by atoms with E-state index in [-0.39, 0.29) is 6.42 Å². The van der Waals surface area contributed by atoms with Crippen molar-refractivity contribution in [2.24, 2.45) is 11.3 Å². The molecular formula is C18H24O6. The molecule has 0 N–H and O–H groups in total. The topological polar surface area (TPSA) is 78.9 Å². The highest BCUT2D eigenvalue weighted by atomic mass is 16.5. The monoisotopic (exact) mass is 336 g/mol. The van der Waals surface area contributed by atoms with Crippen molar-refractivity contribution < 1.29 is 28.6 Å². The number of carbonyl (C=O) groups is 3. The Kier molecular flexibility index (Phi) is 6.95. The van der Waals surface area contributed by atoms with E-state index in [4.69, 9.17) is 14.2 Å². The molecule has 0 aliphatic rings. The zero-order valence-corrected chi connectivity index (χ0v) is 14.7. The number of hydrogen-bond acceptors (Lipinski definition) is 6. The maximum atomic E-state index is 12.3. The lowest BCUT2D eigenvalue weighted by Crippen LogP contribution is -2.40. The first kappa shape index (κ1) is 19.7. The Bertz CT molecular complexity index is 562. The van der Waals surface area contributed by atoms with Crippen LogP contribution < -0.4 is 0 Å². The van der Waals surface area contributed by atoms with Crippen LogP contribution in [0.3, 0.4) is 0 Å². The van der Waals surface area contributed by atoms with Gasteiger partial charge in [0, 0.05) is 5.92 Å². The van der Waals surface area contributed by atoms with Crippen LogP contribution in [0.1, 0.15) is 31.7 Å². The molecule has 0 heterocycles. The lowest BCUT2D eigenvalue weighted by atomic mass is 9.66. The molecule has 132 valence electrons. The van der Waals surface area contributed by atoms with E-state index in [1.807, 2.05) is 30.3 Å². The van der Waals surface area contributed by atoms with Gasteiger partial charge in [-0.3, -0.25) is 14.4 Å². The summed E-state index contributed by atoms with van der Waals surface area (Å²) in [7, 11) is 3.73. The number of hydrogen-bond donors (Lipinski definition) is 0. The zero-order chi connectivity index (χ0) is 18.3. The molecule has 0 saturated carbocycles. The van der Waals surface area contributed by atoms with Crippen LogP contribution >= 0.6 is 0 Å². The Morgan fingerprint density at radius 3 is 1.83 bits per heavy atom. The molecule has 6 heteroatoms. The fourth-order valence-corrected chi connectivity index (χ4v) is 2.93. The summed E-state index contributed by atoms with van der Waals surface area (Å²) in [5.41, 5.74) is -0.00574. The van der Waals surface area contributed by atoms with Crippen LogP contribution in [0.25, 0.3) is 0 Å². The van der Waals surface area contributed by atoms with Gasteiger partial charge in [0.05, 0.1) is 27.8 Å². The molecular weight excluding hydrogens is 312 g/mol. The average molecular weight is 336 g/mol. The molecule has 1 rings (SSSR count). The Balaban J connectivity index is 3.43. The number of carbonyl (C=O) groups excluding carboxylic acids is 3. The Labute approximate surface area is 142 Å². The highest BCUT2D eigenvalue weighted by Gasteiger charge is 2.46. The lowest BCUT2D eigenvalue weighted by molar-refractivity contribution is -0.163. The molecule has 0 aromatic heterocycles. The van der Waals surface area contributed by atoms with Crippen molar-refractivity contribution in [2.45, 2.75) is 26.2 Å². The molecule has 0 amide bonds. The van der Waals surface area contributed by atoms with E-state index in [0.717, 1.165) is 5.56 Å². The van der Waals surface area contributed by atoms with Gasteiger partial charge < -0.3 is 14.2 Å². The van der Waals surface area contributed by atoms with Gasteiger partial charge in [-0.05, 0) is 11.0 Å². The van der Waals surface area contributed by atoms with Crippen LogP contribution in [0.15, 0.2) is 30.3 Å². The van der Waals surface area contributed by atoms with Crippen molar-refractivity contribution in [2.75, 3.05) is 21.3 Å². The predicted octanol–water partition coefficient (Wildman–Crippen LogP) is 2.32. The van der Waals surface area contributed by atoms with Gasteiger partial charge in [-0.25, -0.2) is 0 Å². The van der Waals surface area contributed by atoms with E-state index in [1.165, 1.54) is 21.3 Å². The summed E-state index contributed by atoms with van der Waals surface area (Å²) in [5, 5.41) is 0. The number of benzene rings is 1. The summed E-state index contributed by atoms with van der Waals surface area (Å²) in [6.07, 6.45) is 0.0353. The molecule has 0 fully saturated rings. The molecule has 0 spiro atoms. The second-order valence-corrected chi connectivity index (χ2v) is 6.15. The van der Waals surface area contributed by atoms with Crippen molar-refractivity contribution in [3.63, 3.8) is 0 Å². The van der Waals surface area contributed by atoms with E-state index in [9.17, 15) is 14.4 Å². The fourth-order valence-electron chi connectivity index (χ4n) is 2.93. The third kappa shape index (κ3) is 4.57. The highest BCUT2D eigenvalue weighted by molar-refractivity contribution is 5.96. The minimum atomic E-state index is -1.18. The molecule has 0 bridgehead atoms. The first-order valence-electron chi connectivity index (χ1n) is 7.56. The largest absolute Gasteiger partial charge is 0.469 e. The SMILES string of the molecule is COC(=O)CC(C)(C)C(c1ccccc1)C(C(=O)OC)C(=O)OC. The molecule has 1 aromatic rings. The molecule has 0 aliphatic heterocycles. The van der Waals surface area contributed by atoms with Crippen LogP contribution in [-0.4, -0.2) is 39.2 Å². The summed E-state index contributed by atoms with van der Waals surface area (Å²) >= 11 is 0. The van der Waals surface area contributed by atoms with Crippen LogP contribution in [0.2, 0.25) is 0 Å². The van der Waals surface area contributed by atoms with Crippen LogP contribution in [0.4, 0.5) is 0 Å². The molecule has 0 aliphatic carbocycles. The second-order valence-electron chi connectivity index (χ2n) is 6.15. The molecule has 0 radical (unpaired) electrons. The fraction of sp³-hybridized carbons (Fsp3) is 0.500. The number of esters is 3. The summed E-state index contributed by atoms with van der Waals surface area (Å²) < 4.78 is 14.4. The summed E-state index contributed by atoms with van der Waals surface area (Å²) in [6.45, 7) is 3.61.